The summed E-state index contributed by atoms with van der Waals surface area (Å²) >= 11 is 0. The molecule has 1 N–H and O–H groups in total. The fourth-order valence-electron chi connectivity index (χ4n) is 1.45. The predicted molar refractivity (Wildman–Crippen MR) is 45.8 cm³/mol. The van der Waals surface area contributed by atoms with Crippen LogP contribution in [0.15, 0.2) is 0 Å². The van der Waals surface area contributed by atoms with Gasteiger partial charge in [-0.05, 0) is 18.8 Å². The van der Waals surface area contributed by atoms with Crippen molar-refractivity contribution in [1.82, 2.24) is 4.90 Å². The number of carbonyl (C=O) groups excluding carboxylic acids is 1. The van der Waals surface area contributed by atoms with Crippen LogP contribution >= 0.6 is 0 Å². The molecular formula is C9H11NO3. The normalized spacial score (nSPS) is 22.1. The highest BCUT2D eigenvalue weighted by Gasteiger charge is 2.27. The number of carboxylic acid groups (broad SMARTS) is 1. The molecule has 0 aromatic rings. The maximum absolute atomic E-state index is 11.0. The number of rotatable bonds is 1. The maximum Gasteiger partial charge on any atom is 0.308 e. The minimum Gasteiger partial charge on any atom is -0.481 e. The van der Waals surface area contributed by atoms with Crippen LogP contribution in [0.1, 0.15) is 12.8 Å². The van der Waals surface area contributed by atoms with Gasteiger partial charge in [0.15, 0.2) is 0 Å². The second-order valence-electron chi connectivity index (χ2n) is 3.07. The van der Waals surface area contributed by atoms with Crippen molar-refractivity contribution in [3.63, 3.8) is 0 Å². The number of hydrogen-bond acceptors (Lipinski definition) is 2. The number of terminal acetylenes is 1. The number of nitrogens with zero attached hydrogens (tertiary/aromatic N) is 1. The Morgan fingerprint density at radius 1 is 1.54 bits per heavy atom. The summed E-state index contributed by atoms with van der Waals surface area (Å²) < 4.78 is 0. The molecule has 1 aliphatic rings. The van der Waals surface area contributed by atoms with Crippen molar-refractivity contribution in [2.75, 3.05) is 13.1 Å². The van der Waals surface area contributed by atoms with Gasteiger partial charge in [-0.2, -0.15) is 0 Å². The lowest BCUT2D eigenvalue weighted by atomic mass is 9.98. The van der Waals surface area contributed by atoms with Crippen LogP contribution in [0.25, 0.3) is 0 Å². The lowest BCUT2D eigenvalue weighted by Gasteiger charge is -2.28. The van der Waals surface area contributed by atoms with E-state index in [1.165, 1.54) is 4.90 Å². The van der Waals surface area contributed by atoms with Crippen LogP contribution in [0.5, 0.6) is 0 Å². The van der Waals surface area contributed by atoms with E-state index in [0.29, 0.717) is 19.4 Å². The van der Waals surface area contributed by atoms with E-state index in [1.807, 2.05) is 5.92 Å². The van der Waals surface area contributed by atoms with Crippen LogP contribution in [-0.2, 0) is 9.59 Å². The number of amides is 1. The van der Waals surface area contributed by atoms with Crippen molar-refractivity contribution < 1.29 is 14.7 Å². The van der Waals surface area contributed by atoms with E-state index in [1.54, 1.807) is 0 Å². The molecule has 1 fully saturated rings. The van der Waals surface area contributed by atoms with Gasteiger partial charge in [0.05, 0.1) is 5.92 Å². The molecule has 0 spiro atoms. The molecule has 0 bridgehead atoms. The molecule has 0 aromatic heterocycles. The van der Waals surface area contributed by atoms with E-state index in [4.69, 9.17) is 11.5 Å². The van der Waals surface area contributed by atoms with Gasteiger partial charge in [-0.25, -0.2) is 0 Å². The van der Waals surface area contributed by atoms with Gasteiger partial charge < -0.3 is 10.0 Å². The molecule has 4 heteroatoms. The highest BCUT2D eigenvalue weighted by molar-refractivity contribution is 5.93. The Balaban J connectivity index is 2.57. The molecule has 70 valence electrons. The summed E-state index contributed by atoms with van der Waals surface area (Å²) in [5.41, 5.74) is 0. The van der Waals surface area contributed by atoms with Gasteiger partial charge in [-0.15, -0.1) is 6.42 Å². The fraction of sp³-hybridized carbons (Fsp3) is 0.556. The van der Waals surface area contributed by atoms with Crippen molar-refractivity contribution in [3.05, 3.63) is 0 Å². The van der Waals surface area contributed by atoms with E-state index in [0.717, 1.165) is 0 Å². The Labute approximate surface area is 76.5 Å². The fourth-order valence-corrected chi connectivity index (χ4v) is 1.45. The van der Waals surface area contributed by atoms with Crippen LogP contribution in [0.4, 0.5) is 0 Å². The zero-order chi connectivity index (χ0) is 9.84. The minimum absolute atomic E-state index is 0.248. The number of likely N-dealkylation sites (tertiary alicyclic amines) is 1. The van der Waals surface area contributed by atoms with Crippen LogP contribution in [-0.4, -0.2) is 35.0 Å². The molecule has 0 aromatic carbocycles. The Morgan fingerprint density at radius 3 is 2.77 bits per heavy atom. The van der Waals surface area contributed by atoms with E-state index >= 15 is 0 Å². The van der Waals surface area contributed by atoms with E-state index < -0.39 is 17.8 Å². The number of carboxylic acids is 1. The maximum atomic E-state index is 11.0. The molecule has 1 unspecified atom stereocenters. The van der Waals surface area contributed by atoms with Crippen molar-refractivity contribution in [1.29, 1.82) is 0 Å². The minimum atomic E-state index is -0.852. The second kappa shape index (κ2) is 3.94. The SMILES string of the molecule is C#CC(=O)N1CCCC(C(=O)O)C1. The average Bonchev–Trinajstić information content (AvgIpc) is 2.17. The van der Waals surface area contributed by atoms with E-state index in [-0.39, 0.29) is 6.54 Å². The Kier molecular flexibility index (Phi) is 2.91. The van der Waals surface area contributed by atoms with Gasteiger partial charge in [0.25, 0.3) is 5.91 Å². The third-order valence-electron chi connectivity index (χ3n) is 2.18. The summed E-state index contributed by atoms with van der Waals surface area (Å²) in [4.78, 5) is 23.1. The van der Waals surface area contributed by atoms with Crippen LogP contribution in [0.2, 0.25) is 0 Å². The summed E-state index contributed by atoms with van der Waals surface area (Å²) in [6.07, 6.45) is 6.28. The van der Waals surface area contributed by atoms with Crippen LogP contribution < -0.4 is 0 Å². The first-order chi connectivity index (χ1) is 6.15. The van der Waals surface area contributed by atoms with Crippen molar-refractivity contribution in [3.8, 4) is 12.3 Å². The monoisotopic (exact) mass is 181 g/mol. The Hall–Kier alpha value is -1.50. The quantitative estimate of drug-likeness (QED) is 0.577. The molecule has 0 radical (unpaired) electrons. The topological polar surface area (TPSA) is 57.6 Å². The molecule has 1 rings (SSSR count). The molecule has 0 aliphatic carbocycles. The summed E-state index contributed by atoms with van der Waals surface area (Å²) in [7, 11) is 0. The number of hydrogen-bond donors (Lipinski definition) is 1. The number of carbonyl (C=O) groups is 2. The molecule has 1 saturated heterocycles. The molecule has 1 atom stereocenters. The first-order valence-corrected chi connectivity index (χ1v) is 4.13. The highest BCUT2D eigenvalue weighted by atomic mass is 16.4. The van der Waals surface area contributed by atoms with Crippen LogP contribution in [0.3, 0.4) is 0 Å². The Bertz CT molecular complexity index is 267. The third kappa shape index (κ3) is 2.22. The van der Waals surface area contributed by atoms with Crippen LogP contribution in [0, 0.1) is 18.3 Å². The largest absolute Gasteiger partial charge is 0.481 e. The van der Waals surface area contributed by atoms with Crippen molar-refractivity contribution in [2.45, 2.75) is 12.8 Å². The number of aliphatic carboxylic acids is 1. The van der Waals surface area contributed by atoms with Crippen molar-refractivity contribution >= 4 is 11.9 Å². The third-order valence-corrected chi connectivity index (χ3v) is 2.18. The lowest BCUT2D eigenvalue weighted by molar-refractivity contribution is -0.144. The van der Waals surface area contributed by atoms with Gasteiger partial charge >= 0.3 is 5.97 Å². The molecule has 4 nitrogen and oxygen atoms in total. The van der Waals surface area contributed by atoms with Gasteiger partial charge in [0.2, 0.25) is 0 Å². The molecule has 13 heavy (non-hydrogen) atoms. The Morgan fingerprint density at radius 2 is 2.23 bits per heavy atom. The summed E-state index contributed by atoms with van der Waals surface area (Å²) in [6, 6.07) is 0. The molecule has 1 heterocycles. The standard InChI is InChI=1S/C9H11NO3/c1-2-8(11)10-5-3-4-7(6-10)9(12)13/h1,7H,3-6H2,(H,12,13). The zero-order valence-corrected chi connectivity index (χ0v) is 7.19. The average molecular weight is 181 g/mol. The second-order valence-corrected chi connectivity index (χ2v) is 3.07. The van der Waals surface area contributed by atoms with Crippen molar-refractivity contribution in [2.24, 2.45) is 5.92 Å². The van der Waals surface area contributed by atoms with Gasteiger partial charge in [0.1, 0.15) is 0 Å². The first-order valence-electron chi connectivity index (χ1n) is 4.13. The summed E-state index contributed by atoms with van der Waals surface area (Å²) in [5.74, 6) is 0.272. The molecule has 1 aliphatic heterocycles. The van der Waals surface area contributed by atoms with Gasteiger partial charge in [0, 0.05) is 13.1 Å². The molecule has 0 saturated carbocycles. The predicted octanol–water partition coefficient (Wildman–Crippen LogP) is -0.0572. The molecule has 1 amide bonds. The molecular weight excluding hydrogens is 170 g/mol. The number of piperidine rings is 1. The van der Waals surface area contributed by atoms with E-state index in [9.17, 15) is 9.59 Å². The van der Waals surface area contributed by atoms with Gasteiger partial charge in [-0.3, -0.25) is 9.59 Å². The smallest absolute Gasteiger partial charge is 0.308 e. The lowest BCUT2D eigenvalue weighted by Crippen LogP contribution is -2.41. The first kappa shape index (κ1) is 9.59. The zero-order valence-electron chi connectivity index (χ0n) is 7.19. The van der Waals surface area contributed by atoms with Gasteiger partial charge in [-0.1, -0.05) is 0 Å². The van der Waals surface area contributed by atoms with E-state index in [2.05, 4.69) is 0 Å². The summed E-state index contributed by atoms with van der Waals surface area (Å²) in [5, 5.41) is 8.72. The summed E-state index contributed by atoms with van der Waals surface area (Å²) in [6.45, 7) is 0.825. The highest BCUT2D eigenvalue weighted by Crippen LogP contribution is 2.16.